The Morgan fingerprint density at radius 2 is 0.795 bits per heavy atom. The molecule has 184 valence electrons. The fourth-order valence-electron chi connectivity index (χ4n) is 5.69. The summed E-state index contributed by atoms with van der Waals surface area (Å²) in [6.45, 7) is 0. The van der Waals surface area contributed by atoms with Gasteiger partial charge in [0.15, 0.2) is 0 Å². The molecule has 0 amide bonds. The van der Waals surface area contributed by atoms with E-state index in [1.54, 1.807) is 0 Å². The summed E-state index contributed by atoms with van der Waals surface area (Å²) in [6, 6.07) is 59.9. The molecule has 7 rings (SSSR count). The zero-order valence-corrected chi connectivity index (χ0v) is 22.4. The highest BCUT2D eigenvalue weighted by molar-refractivity contribution is 7.80. The Kier molecular flexibility index (Phi) is 6.25. The van der Waals surface area contributed by atoms with Crippen LogP contribution in [0.4, 0.5) is 0 Å². The smallest absolute Gasteiger partial charge is 0.000925 e. The minimum atomic E-state index is -0.800. The van der Waals surface area contributed by atoms with Crippen molar-refractivity contribution in [2.75, 3.05) is 0 Å². The predicted molar refractivity (Wildman–Crippen MR) is 171 cm³/mol. The van der Waals surface area contributed by atoms with Crippen LogP contribution < -0.4 is 15.9 Å². The van der Waals surface area contributed by atoms with E-state index in [0.29, 0.717) is 0 Å². The third kappa shape index (κ3) is 4.34. The number of hydrogen-bond donors (Lipinski definition) is 0. The molecule has 0 N–H and O–H groups in total. The monoisotopic (exact) mass is 514 g/mol. The van der Waals surface area contributed by atoms with Gasteiger partial charge in [-0.2, -0.15) is 0 Å². The molecular weight excluding hydrogens is 487 g/mol. The maximum absolute atomic E-state index is 2.39. The molecule has 0 fully saturated rings. The fourth-order valence-corrected chi connectivity index (χ4v) is 8.16. The van der Waals surface area contributed by atoms with Crippen molar-refractivity contribution in [3.8, 4) is 22.3 Å². The quantitative estimate of drug-likeness (QED) is 0.201. The second-order valence-electron chi connectivity index (χ2n) is 9.76. The van der Waals surface area contributed by atoms with E-state index in [1.807, 2.05) is 0 Å². The lowest BCUT2D eigenvalue weighted by Crippen LogP contribution is -2.22. The van der Waals surface area contributed by atoms with Crippen LogP contribution in [0.3, 0.4) is 0 Å². The molecule has 0 aliphatic rings. The molecule has 0 spiro atoms. The van der Waals surface area contributed by atoms with E-state index in [4.69, 9.17) is 0 Å². The molecule has 0 aromatic heterocycles. The third-order valence-corrected chi connectivity index (χ3v) is 9.92. The largest absolute Gasteiger partial charge is 0.0622 e. The van der Waals surface area contributed by atoms with Gasteiger partial charge in [-0.05, 0) is 67.6 Å². The normalized spacial score (nSPS) is 11.3. The topological polar surface area (TPSA) is 0 Å². The second-order valence-corrected chi connectivity index (χ2v) is 11.9. The van der Waals surface area contributed by atoms with Gasteiger partial charge in [0.2, 0.25) is 0 Å². The van der Waals surface area contributed by atoms with Crippen molar-refractivity contribution < 1.29 is 0 Å². The third-order valence-electron chi connectivity index (χ3n) is 7.44. The van der Waals surface area contributed by atoms with Crippen LogP contribution in [0.25, 0.3) is 43.8 Å². The van der Waals surface area contributed by atoms with Crippen molar-refractivity contribution in [2.45, 2.75) is 0 Å². The van der Waals surface area contributed by atoms with Gasteiger partial charge in [0, 0.05) is 0 Å². The molecule has 1 heteroatoms. The summed E-state index contributed by atoms with van der Waals surface area (Å²) in [5.41, 5.74) is 5.15. The van der Waals surface area contributed by atoms with Gasteiger partial charge in [0.05, 0.1) is 0 Å². The van der Waals surface area contributed by atoms with Gasteiger partial charge >= 0.3 is 0 Å². The van der Waals surface area contributed by atoms with Gasteiger partial charge in [-0.1, -0.05) is 164 Å². The van der Waals surface area contributed by atoms with Crippen LogP contribution in [0.5, 0.6) is 0 Å². The molecule has 0 saturated heterocycles. The highest BCUT2D eigenvalue weighted by atomic mass is 31.1. The Hall–Kier alpha value is -4.51. The van der Waals surface area contributed by atoms with E-state index in [-0.39, 0.29) is 0 Å². The van der Waals surface area contributed by atoms with Crippen LogP contribution in [0, 0.1) is 0 Å². The summed E-state index contributed by atoms with van der Waals surface area (Å²) < 4.78 is 0. The first kappa shape index (κ1) is 23.6. The highest BCUT2D eigenvalue weighted by Crippen LogP contribution is 2.45. The molecule has 0 nitrogen and oxygen atoms in total. The van der Waals surface area contributed by atoms with E-state index in [2.05, 4.69) is 164 Å². The Morgan fingerprint density at radius 1 is 0.333 bits per heavy atom. The highest BCUT2D eigenvalue weighted by Gasteiger charge is 2.24. The number of rotatable bonds is 5. The molecule has 0 bridgehead atoms. The van der Waals surface area contributed by atoms with Crippen LogP contribution in [0.2, 0.25) is 0 Å². The van der Waals surface area contributed by atoms with Crippen LogP contribution in [0.15, 0.2) is 164 Å². The first-order valence-electron chi connectivity index (χ1n) is 13.4. The lowest BCUT2D eigenvalue weighted by Gasteiger charge is -2.26. The number of benzene rings is 7. The van der Waals surface area contributed by atoms with Crippen molar-refractivity contribution >= 4 is 45.4 Å². The standard InChI is InChI=1S/C38H27P/c1-4-14-28(15-5-1)35-26-24-29-16-10-12-22-33(29)37(35)38-34-23-13-11-17-30(34)25-27-36(38)39(31-18-6-2-7-19-31)32-20-8-3-9-21-32/h1-27H. The predicted octanol–water partition coefficient (Wildman–Crippen LogP) is 9.09. The van der Waals surface area contributed by atoms with Crippen LogP contribution in [0.1, 0.15) is 0 Å². The van der Waals surface area contributed by atoms with E-state index in [0.717, 1.165) is 0 Å². The van der Waals surface area contributed by atoms with Crippen molar-refractivity contribution in [1.29, 1.82) is 0 Å². The van der Waals surface area contributed by atoms with Crippen molar-refractivity contribution in [2.24, 2.45) is 0 Å². The molecule has 7 aromatic carbocycles. The Balaban J connectivity index is 1.65. The summed E-state index contributed by atoms with van der Waals surface area (Å²) in [7, 11) is -0.800. The average Bonchev–Trinajstić information content (AvgIpc) is 3.02. The molecule has 0 unspecified atom stereocenters. The number of hydrogen-bond acceptors (Lipinski definition) is 0. The molecule has 0 aliphatic carbocycles. The number of fused-ring (bicyclic) bond motifs is 2. The maximum Gasteiger partial charge on any atom is -0.000925 e. The lowest BCUT2D eigenvalue weighted by molar-refractivity contribution is 1.63. The second kappa shape index (κ2) is 10.3. The van der Waals surface area contributed by atoms with E-state index in [1.165, 1.54) is 59.7 Å². The fraction of sp³-hybridized carbons (Fsp3) is 0. The van der Waals surface area contributed by atoms with Gasteiger partial charge in [-0.15, -0.1) is 0 Å². The zero-order chi connectivity index (χ0) is 26.0. The molecule has 7 aromatic rings. The zero-order valence-electron chi connectivity index (χ0n) is 21.5. The Labute approximate surface area is 231 Å². The van der Waals surface area contributed by atoms with Gasteiger partial charge in [0.25, 0.3) is 0 Å². The van der Waals surface area contributed by atoms with Crippen molar-refractivity contribution in [1.82, 2.24) is 0 Å². The lowest BCUT2D eigenvalue weighted by atomic mass is 9.87. The summed E-state index contributed by atoms with van der Waals surface area (Å²) >= 11 is 0. The SMILES string of the molecule is c1ccc(-c2ccc3ccccc3c2-c2c(P(c3ccccc3)c3ccccc3)ccc3ccccc23)cc1. The van der Waals surface area contributed by atoms with E-state index in [9.17, 15) is 0 Å². The van der Waals surface area contributed by atoms with Crippen LogP contribution in [-0.2, 0) is 0 Å². The summed E-state index contributed by atoms with van der Waals surface area (Å²) in [5.74, 6) is 0. The Morgan fingerprint density at radius 3 is 1.38 bits per heavy atom. The molecule has 0 heterocycles. The van der Waals surface area contributed by atoms with Gasteiger partial charge in [0.1, 0.15) is 0 Å². The van der Waals surface area contributed by atoms with Crippen molar-refractivity contribution in [3.63, 3.8) is 0 Å². The molecular formula is C38H27P. The summed E-state index contributed by atoms with van der Waals surface area (Å²) in [4.78, 5) is 0. The van der Waals surface area contributed by atoms with Crippen LogP contribution in [-0.4, -0.2) is 0 Å². The minimum Gasteiger partial charge on any atom is -0.0622 e. The average molecular weight is 515 g/mol. The molecule has 39 heavy (non-hydrogen) atoms. The summed E-state index contributed by atoms with van der Waals surface area (Å²) in [6.07, 6.45) is 0. The maximum atomic E-state index is 2.39. The summed E-state index contributed by atoms with van der Waals surface area (Å²) in [5, 5.41) is 9.20. The molecule has 0 saturated carbocycles. The van der Waals surface area contributed by atoms with E-state index < -0.39 is 7.92 Å². The molecule has 0 radical (unpaired) electrons. The van der Waals surface area contributed by atoms with Crippen molar-refractivity contribution in [3.05, 3.63) is 164 Å². The molecule has 0 atom stereocenters. The first-order valence-corrected chi connectivity index (χ1v) is 14.7. The Bertz CT molecular complexity index is 1850. The van der Waals surface area contributed by atoms with E-state index >= 15 is 0 Å². The van der Waals surface area contributed by atoms with Gasteiger partial charge in [-0.3, -0.25) is 0 Å². The minimum absolute atomic E-state index is 0.800. The van der Waals surface area contributed by atoms with Gasteiger partial charge in [-0.25, -0.2) is 0 Å². The first-order chi connectivity index (χ1) is 19.4. The van der Waals surface area contributed by atoms with Crippen LogP contribution >= 0.6 is 7.92 Å². The van der Waals surface area contributed by atoms with Gasteiger partial charge < -0.3 is 0 Å². The molecule has 0 aliphatic heterocycles.